The summed E-state index contributed by atoms with van der Waals surface area (Å²) in [5.74, 6) is 2.31. The van der Waals surface area contributed by atoms with Gasteiger partial charge in [0.15, 0.2) is 11.5 Å². The molecule has 2 amide bonds. The first-order valence-corrected chi connectivity index (χ1v) is 12.1. The molecule has 0 unspecified atom stereocenters. The van der Waals surface area contributed by atoms with E-state index in [1.54, 1.807) is 0 Å². The van der Waals surface area contributed by atoms with Crippen LogP contribution in [0.15, 0.2) is 48.5 Å². The average molecular weight is 449 g/mol. The number of rotatable bonds is 6. The third kappa shape index (κ3) is 5.00. The van der Waals surface area contributed by atoms with E-state index in [4.69, 9.17) is 9.47 Å². The van der Waals surface area contributed by atoms with E-state index < -0.39 is 0 Å². The minimum atomic E-state index is -0.376. The van der Waals surface area contributed by atoms with Gasteiger partial charge >= 0.3 is 0 Å². The third-order valence-electron chi connectivity index (χ3n) is 7.38. The van der Waals surface area contributed by atoms with Crippen molar-refractivity contribution < 1.29 is 19.1 Å². The molecule has 0 saturated carbocycles. The zero-order valence-electron chi connectivity index (χ0n) is 19.1. The standard InChI is InChI=1S/C27H32N2O4/c30-25-10-13-27(28-25,18-20-8-9-23-24(17-20)33-19-32-23)14-11-26(31)29-15-4-7-22(12-16-29)21-5-2-1-3-6-21/h1-3,5-6,8-9,17,22H,4,7,10-16,18-19H2,(H,28,30)/t22-,27+/m0/s1. The summed E-state index contributed by atoms with van der Waals surface area (Å²) in [4.78, 5) is 27.3. The van der Waals surface area contributed by atoms with Crippen LogP contribution in [-0.4, -0.2) is 42.1 Å². The maximum Gasteiger partial charge on any atom is 0.231 e. The number of fused-ring (bicyclic) bond motifs is 1. The number of nitrogens with zero attached hydrogens (tertiary/aromatic N) is 1. The van der Waals surface area contributed by atoms with E-state index in [2.05, 4.69) is 35.6 Å². The second-order valence-electron chi connectivity index (χ2n) is 9.61. The fraction of sp³-hybridized carbons (Fsp3) is 0.481. The summed E-state index contributed by atoms with van der Waals surface area (Å²) in [5, 5.41) is 3.20. The number of carbonyl (C=O) groups excluding carboxylic acids is 2. The molecule has 0 aliphatic carbocycles. The Morgan fingerprint density at radius 3 is 2.73 bits per heavy atom. The summed E-state index contributed by atoms with van der Waals surface area (Å²) < 4.78 is 10.9. The maximum absolute atomic E-state index is 13.2. The van der Waals surface area contributed by atoms with Crippen LogP contribution in [0.3, 0.4) is 0 Å². The molecule has 0 spiro atoms. The molecule has 1 N–H and O–H groups in total. The molecule has 2 saturated heterocycles. The predicted octanol–water partition coefficient (Wildman–Crippen LogP) is 4.18. The Hall–Kier alpha value is -3.02. The Bertz CT molecular complexity index is 1010. The van der Waals surface area contributed by atoms with Crippen molar-refractivity contribution in [1.82, 2.24) is 10.2 Å². The van der Waals surface area contributed by atoms with Crippen molar-refractivity contribution in [3.05, 3.63) is 59.7 Å². The first-order valence-electron chi connectivity index (χ1n) is 12.1. The molecule has 2 fully saturated rings. The number of likely N-dealkylation sites (tertiary alicyclic amines) is 1. The van der Waals surface area contributed by atoms with Gasteiger partial charge in [0, 0.05) is 31.5 Å². The van der Waals surface area contributed by atoms with Gasteiger partial charge < -0.3 is 19.7 Å². The fourth-order valence-electron chi connectivity index (χ4n) is 5.53. The predicted molar refractivity (Wildman–Crippen MR) is 125 cm³/mol. The van der Waals surface area contributed by atoms with Gasteiger partial charge in [-0.2, -0.15) is 0 Å². The Balaban J connectivity index is 1.20. The van der Waals surface area contributed by atoms with Crippen LogP contribution in [0, 0.1) is 0 Å². The summed E-state index contributed by atoms with van der Waals surface area (Å²) in [6, 6.07) is 16.6. The van der Waals surface area contributed by atoms with Gasteiger partial charge in [0.25, 0.3) is 0 Å². The van der Waals surface area contributed by atoms with Crippen molar-refractivity contribution in [2.24, 2.45) is 0 Å². The molecule has 0 bridgehead atoms. The van der Waals surface area contributed by atoms with Gasteiger partial charge in [-0.15, -0.1) is 0 Å². The lowest BCUT2D eigenvalue weighted by atomic mass is 9.84. The largest absolute Gasteiger partial charge is 0.454 e. The second-order valence-corrected chi connectivity index (χ2v) is 9.61. The van der Waals surface area contributed by atoms with Crippen LogP contribution >= 0.6 is 0 Å². The molecular weight excluding hydrogens is 416 g/mol. The summed E-state index contributed by atoms with van der Waals surface area (Å²) >= 11 is 0. The van der Waals surface area contributed by atoms with E-state index in [1.807, 2.05) is 23.1 Å². The van der Waals surface area contributed by atoms with Crippen LogP contribution < -0.4 is 14.8 Å². The minimum Gasteiger partial charge on any atom is -0.454 e. The lowest BCUT2D eigenvalue weighted by Gasteiger charge is -2.30. The highest BCUT2D eigenvalue weighted by molar-refractivity contribution is 5.80. The molecule has 2 atom stereocenters. The maximum atomic E-state index is 13.2. The van der Waals surface area contributed by atoms with Gasteiger partial charge in [-0.25, -0.2) is 0 Å². The Labute approximate surface area is 195 Å². The van der Waals surface area contributed by atoms with E-state index in [0.717, 1.165) is 55.8 Å². The SMILES string of the molecule is O=C1CC[C@@](CCC(=O)N2CCC[C@H](c3ccccc3)CC2)(Cc2ccc3c(c2)OCO3)N1. The quantitative estimate of drug-likeness (QED) is 0.720. The zero-order valence-corrected chi connectivity index (χ0v) is 19.1. The third-order valence-corrected chi connectivity index (χ3v) is 7.38. The molecule has 0 aromatic heterocycles. The highest BCUT2D eigenvalue weighted by atomic mass is 16.7. The van der Waals surface area contributed by atoms with E-state index in [9.17, 15) is 9.59 Å². The molecule has 5 rings (SSSR count). The van der Waals surface area contributed by atoms with E-state index >= 15 is 0 Å². The van der Waals surface area contributed by atoms with E-state index in [-0.39, 0.29) is 24.1 Å². The van der Waals surface area contributed by atoms with Crippen LogP contribution in [0.1, 0.15) is 62.0 Å². The van der Waals surface area contributed by atoms with Crippen molar-refractivity contribution in [1.29, 1.82) is 0 Å². The summed E-state index contributed by atoms with van der Waals surface area (Å²) in [5.41, 5.74) is 2.09. The van der Waals surface area contributed by atoms with Crippen LogP contribution in [0.4, 0.5) is 0 Å². The van der Waals surface area contributed by atoms with E-state index in [1.165, 1.54) is 5.56 Å². The van der Waals surface area contributed by atoms with Gasteiger partial charge in [-0.3, -0.25) is 9.59 Å². The molecule has 2 aromatic carbocycles. The monoisotopic (exact) mass is 448 g/mol. The van der Waals surface area contributed by atoms with Crippen molar-refractivity contribution in [3.63, 3.8) is 0 Å². The number of ether oxygens (including phenoxy) is 2. The molecule has 0 radical (unpaired) electrons. The van der Waals surface area contributed by atoms with Crippen LogP contribution in [-0.2, 0) is 16.0 Å². The number of hydrogen-bond acceptors (Lipinski definition) is 4. The molecule has 3 aliphatic rings. The summed E-state index contributed by atoms with van der Waals surface area (Å²) in [6.07, 6.45) is 6.24. The van der Waals surface area contributed by atoms with Crippen molar-refractivity contribution >= 4 is 11.8 Å². The summed E-state index contributed by atoms with van der Waals surface area (Å²) in [6.45, 7) is 1.87. The van der Waals surface area contributed by atoms with Gasteiger partial charge in [-0.05, 0) is 67.7 Å². The van der Waals surface area contributed by atoms with Crippen molar-refractivity contribution in [2.45, 2.75) is 62.8 Å². The van der Waals surface area contributed by atoms with Crippen LogP contribution in [0.5, 0.6) is 11.5 Å². The number of hydrogen-bond donors (Lipinski definition) is 1. The molecular formula is C27H32N2O4. The molecule has 3 aliphatic heterocycles. The Morgan fingerprint density at radius 1 is 1.06 bits per heavy atom. The number of nitrogens with one attached hydrogen (secondary N) is 1. The first kappa shape index (κ1) is 21.8. The zero-order chi connectivity index (χ0) is 22.7. The first-order chi connectivity index (χ1) is 16.1. The normalized spacial score (nSPS) is 24.4. The molecule has 174 valence electrons. The highest BCUT2D eigenvalue weighted by Crippen LogP contribution is 2.36. The van der Waals surface area contributed by atoms with Gasteiger partial charge in [0.05, 0.1) is 0 Å². The molecule has 3 heterocycles. The van der Waals surface area contributed by atoms with Crippen molar-refractivity contribution in [3.8, 4) is 11.5 Å². The fourth-order valence-corrected chi connectivity index (χ4v) is 5.53. The van der Waals surface area contributed by atoms with Crippen LogP contribution in [0.25, 0.3) is 0 Å². The van der Waals surface area contributed by atoms with E-state index in [0.29, 0.717) is 31.6 Å². The topological polar surface area (TPSA) is 67.9 Å². The smallest absolute Gasteiger partial charge is 0.231 e. The molecule has 6 nitrogen and oxygen atoms in total. The lowest BCUT2D eigenvalue weighted by Crippen LogP contribution is -2.45. The number of benzene rings is 2. The van der Waals surface area contributed by atoms with Gasteiger partial charge in [0.1, 0.15) is 0 Å². The molecule has 33 heavy (non-hydrogen) atoms. The van der Waals surface area contributed by atoms with Crippen LogP contribution in [0.2, 0.25) is 0 Å². The minimum absolute atomic E-state index is 0.0728. The number of carbonyl (C=O) groups is 2. The number of amides is 2. The molecule has 6 heteroatoms. The highest BCUT2D eigenvalue weighted by Gasteiger charge is 2.38. The average Bonchev–Trinajstić information content (AvgIpc) is 3.36. The second kappa shape index (κ2) is 9.46. The molecule has 2 aromatic rings. The summed E-state index contributed by atoms with van der Waals surface area (Å²) in [7, 11) is 0. The van der Waals surface area contributed by atoms with Gasteiger partial charge in [-0.1, -0.05) is 36.4 Å². The van der Waals surface area contributed by atoms with Crippen molar-refractivity contribution in [2.75, 3.05) is 19.9 Å². The van der Waals surface area contributed by atoms with Gasteiger partial charge in [0.2, 0.25) is 18.6 Å². The Morgan fingerprint density at radius 2 is 1.91 bits per heavy atom. The Kier molecular flexibility index (Phi) is 6.25. The lowest BCUT2D eigenvalue weighted by molar-refractivity contribution is -0.131.